The SMILES string of the molecule is CCCCOc1cccc(CN=C(N)N(C)C)c1.I. The number of guanidine groups is 1. The van der Waals surface area contributed by atoms with E-state index >= 15 is 0 Å². The van der Waals surface area contributed by atoms with Gasteiger partial charge >= 0.3 is 0 Å². The normalized spacial score (nSPS) is 10.8. The van der Waals surface area contributed by atoms with Gasteiger partial charge in [0.2, 0.25) is 0 Å². The molecule has 0 aliphatic carbocycles. The van der Waals surface area contributed by atoms with Gasteiger partial charge in [0.15, 0.2) is 5.96 Å². The minimum Gasteiger partial charge on any atom is -0.494 e. The highest BCUT2D eigenvalue weighted by molar-refractivity contribution is 14.0. The van der Waals surface area contributed by atoms with Gasteiger partial charge in [-0.25, -0.2) is 4.99 Å². The van der Waals surface area contributed by atoms with E-state index in [2.05, 4.69) is 11.9 Å². The zero-order valence-electron chi connectivity index (χ0n) is 11.9. The number of hydrogen-bond donors (Lipinski definition) is 1. The van der Waals surface area contributed by atoms with Crippen molar-refractivity contribution in [2.24, 2.45) is 10.7 Å². The smallest absolute Gasteiger partial charge is 0.191 e. The number of nitrogens with two attached hydrogens (primary N) is 1. The first kappa shape index (κ1) is 18.0. The minimum atomic E-state index is 0. The van der Waals surface area contributed by atoms with Crippen LogP contribution in [-0.4, -0.2) is 31.6 Å². The van der Waals surface area contributed by atoms with Crippen LogP contribution >= 0.6 is 24.0 Å². The number of ether oxygens (including phenoxy) is 1. The van der Waals surface area contributed by atoms with Gasteiger partial charge in [-0.3, -0.25) is 0 Å². The summed E-state index contributed by atoms with van der Waals surface area (Å²) >= 11 is 0. The second-order valence-electron chi connectivity index (χ2n) is 4.42. The van der Waals surface area contributed by atoms with Gasteiger partial charge in [-0.05, 0) is 24.1 Å². The van der Waals surface area contributed by atoms with Crippen LogP contribution in [0, 0.1) is 0 Å². The molecule has 0 saturated heterocycles. The molecule has 19 heavy (non-hydrogen) atoms. The summed E-state index contributed by atoms with van der Waals surface area (Å²) in [6, 6.07) is 8.00. The minimum absolute atomic E-state index is 0. The molecule has 0 amide bonds. The molecule has 0 radical (unpaired) electrons. The zero-order valence-corrected chi connectivity index (χ0v) is 14.3. The number of rotatable bonds is 6. The summed E-state index contributed by atoms with van der Waals surface area (Å²) in [7, 11) is 3.76. The average molecular weight is 377 g/mol. The number of unbranched alkanes of at least 4 members (excludes halogenated alkanes) is 1. The third-order valence-electron chi connectivity index (χ3n) is 2.55. The average Bonchev–Trinajstić information content (AvgIpc) is 2.36. The van der Waals surface area contributed by atoms with Crippen molar-refractivity contribution in [1.29, 1.82) is 0 Å². The first-order valence-electron chi connectivity index (χ1n) is 6.32. The Balaban J connectivity index is 0.00000324. The van der Waals surface area contributed by atoms with Crippen LogP contribution in [0.25, 0.3) is 0 Å². The molecule has 1 rings (SSSR count). The standard InChI is InChI=1S/C14H23N3O.HI/c1-4-5-9-18-13-8-6-7-12(10-13)11-16-14(15)17(2)3;/h6-8,10H,4-5,9,11H2,1-3H3,(H2,15,16);1H. The van der Waals surface area contributed by atoms with Gasteiger partial charge in [-0.1, -0.05) is 25.5 Å². The lowest BCUT2D eigenvalue weighted by Gasteiger charge is -2.10. The Morgan fingerprint density at radius 3 is 2.74 bits per heavy atom. The topological polar surface area (TPSA) is 50.9 Å². The summed E-state index contributed by atoms with van der Waals surface area (Å²) in [5.41, 5.74) is 6.85. The van der Waals surface area contributed by atoms with E-state index in [1.807, 2.05) is 38.4 Å². The monoisotopic (exact) mass is 377 g/mol. The molecule has 0 saturated carbocycles. The molecule has 108 valence electrons. The first-order chi connectivity index (χ1) is 8.63. The van der Waals surface area contributed by atoms with Gasteiger partial charge in [-0.2, -0.15) is 0 Å². The fraction of sp³-hybridized carbons (Fsp3) is 0.500. The highest BCUT2D eigenvalue weighted by Gasteiger charge is 1.98. The van der Waals surface area contributed by atoms with Crippen LogP contribution in [0.2, 0.25) is 0 Å². The maximum Gasteiger partial charge on any atom is 0.191 e. The van der Waals surface area contributed by atoms with Gasteiger partial charge < -0.3 is 15.4 Å². The van der Waals surface area contributed by atoms with Gasteiger partial charge in [-0.15, -0.1) is 24.0 Å². The molecule has 0 unspecified atom stereocenters. The van der Waals surface area contributed by atoms with Crippen molar-refractivity contribution in [3.8, 4) is 5.75 Å². The lowest BCUT2D eigenvalue weighted by Crippen LogP contribution is -2.30. The molecule has 0 aromatic heterocycles. The second kappa shape index (κ2) is 9.89. The molecule has 4 nitrogen and oxygen atoms in total. The number of halogens is 1. The van der Waals surface area contributed by atoms with Crippen molar-refractivity contribution in [2.45, 2.75) is 26.3 Å². The highest BCUT2D eigenvalue weighted by Crippen LogP contribution is 2.14. The molecule has 0 atom stereocenters. The second-order valence-corrected chi connectivity index (χ2v) is 4.42. The number of nitrogens with zero attached hydrogens (tertiary/aromatic N) is 2. The fourth-order valence-electron chi connectivity index (χ4n) is 1.38. The summed E-state index contributed by atoms with van der Waals surface area (Å²) < 4.78 is 5.65. The Hall–Kier alpha value is -0.980. The van der Waals surface area contributed by atoms with Crippen LogP contribution in [0.5, 0.6) is 5.75 Å². The predicted octanol–water partition coefficient (Wildman–Crippen LogP) is 2.86. The predicted molar refractivity (Wildman–Crippen MR) is 91.3 cm³/mol. The summed E-state index contributed by atoms with van der Waals surface area (Å²) in [4.78, 5) is 6.09. The van der Waals surface area contributed by atoms with E-state index in [0.29, 0.717) is 12.5 Å². The molecule has 0 spiro atoms. The van der Waals surface area contributed by atoms with Gasteiger partial charge in [0.25, 0.3) is 0 Å². The van der Waals surface area contributed by atoms with Crippen LogP contribution < -0.4 is 10.5 Å². The van der Waals surface area contributed by atoms with Crippen LogP contribution in [-0.2, 0) is 6.54 Å². The number of aliphatic imine (C=N–C) groups is 1. The van der Waals surface area contributed by atoms with Crippen LogP contribution in [0.4, 0.5) is 0 Å². The van der Waals surface area contributed by atoms with Crippen LogP contribution in [0.15, 0.2) is 29.3 Å². The molecule has 0 heterocycles. The van der Waals surface area contributed by atoms with E-state index in [1.54, 1.807) is 4.90 Å². The lowest BCUT2D eigenvalue weighted by atomic mass is 10.2. The molecule has 0 aliphatic heterocycles. The summed E-state index contributed by atoms with van der Waals surface area (Å²) in [6.07, 6.45) is 2.22. The van der Waals surface area contributed by atoms with E-state index in [9.17, 15) is 0 Å². The van der Waals surface area contributed by atoms with E-state index in [1.165, 1.54) is 0 Å². The Morgan fingerprint density at radius 1 is 1.37 bits per heavy atom. The summed E-state index contributed by atoms with van der Waals surface area (Å²) in [5.74, 6) is 1.44. The van der Waals surface area contributed by atoms with Crippen LogP contribution in [0.1, 0.15) is 25.3 Å². The maximum atomic E-state index is 5.75. The van der Waals surface area contributed by atoms with Crippen molar-refractivity contribution in [3.05, 3.63) is 29.8 Å². The Bertz CT molecular complexity index is 394. The van der Waals surface area contributed by atoms with Crippen molar-refractivity contribution in [1.82, 2.24) is 4.90 Å². The van der Waals surface area contributed by atoms with Crippen molar-refractivity contribution in [3.63, 3.8) is 0 Å². The van der Waals surface area contributed by atoms with Gasteiger partial charge in [0, 0.05) is 14.1 Å². The highest BCUT2D eigenvalue weighted by atomic mass is 127. The maximum absolute atomic E-state index is 5.75. The van der Waals surface area contributed by atoms with Crippen LogP contribution in [0.3, 0.4) is 0 Å². The molecule has 1 aromatic carbocycles. The van der Waals surface area contributed by atoms with Gasteiger partial charge in [0.05, 0.1) is 13.2 Å². The van der Waals surface area contributed by atoms with Crippen molar-refractivity contribution >= 4 is 29.9 Å². The molecular weight excluding hydrogens is 353 g/mol. The molecule has 2 N–H and O–H groups in total. The summed E-state index contributed by atoms with van der Waals surface area (Å²) in [6.45, 7) is 3.50. The summed E-state index contributed by atoms with van der Waals surface area (Å²) in [5, 5.41) is 0. The zero-order chi connectivity index (χ0) is 13.4. The van der Waals surface area contributed by atoms with E-state index in [4.69, 9.17) is 10.5 Å². The van der Waals surface area contributed by atoms with Crippen molar-refractivity contribution < 1.29 is 4.74 Å². The van der Waals surface area contributed by atoms with E-state index in [-0.39, 0.29) is 24.0 Å². The molecule has 1 aromatic rings. The Labute approximate surface area is 133 Å². The molecule has 0 bridgehead atoms. The molecule has 0 aliphatic rings. The number of hydrogen-bond acceptors (Lipinski definition) is 2. The molecule has 5 heteroatoms. The quantitative estimate of drug-likeness (QED) is 0.359. The Morgan fingerprint density at radius 2 is 2.11 bits per heavy atom. The lowest BCUT2D eigenvalue weighted by molar-refractivity contribution is 0.309. The van der Waals surface area contributed by atoms with E-state index < -0.39 is 0 Å². The van der Waals surface area contributed by atoms with E-state index in [0.717, 1.165) is 30.8 Å². The largest absolute Gasteiger partial charge is 0.494 e. The third-order valence-corrected chi connectivity index (χ3v) is 2.55. The van der Waals surface area contributed by atoms with Gasteiger partial charge in [0.1, 0.15) is 5.75 Å². The van der Waals surface area contributed by atoms with Crippen molar-refractivity contribution in [2.75, 3.05) is 20.7 Å². The fourth-order valence-corrected chi connectivity index (χ4v) is 1.38. The first-order valence-corrected chi connectivity index (χ1v) is 6.32. The Kier molecular flexibility index (Phi) is 9.38. The molecular formula is C14H24IN3O. The third kappa shape index (κ3) is 7.25. The number of benzene rings is 1. The molecule has 0 fully saturated rings.